The maximum absolute atomic E-state index is 11.6. The van der Waals surface area contributed by atoms with Crippen molar-refractivity contribution in [3.8, 4) is 5.75 Å². The van der Waals surface area contributed by atoms with Crippen LogP contribution in [0.2, 0.25) is 0 Å². The first-order chi connectivity index (χ1) is 7.56. The summed E-state index contributed by atoms with van der Waals surface area (Å²) in [7, 11) is 0. The molecule has 1 aromatic carbocycles. The Morgan fingerprint density at radius 1 is 1.44 bits per heavy atom. The summed E-state index contributed by atoms with van der Waals surface area (Å²) in [6, 6.07) is 7.73. The Labute approximate surface area is 104 Å². The number of ether oxygens (including phenoxy) is 1. The van der Waals surface area contributed by atoms with E-state index in [0.717, 1.165) is 16.6 Å². The van der Waals surface area contributed by atoms with E-state index in [0.29, 0.717) is 12.2 Å². The van der Waals surface area contributed by atoms with Gasteiger partial charge in [-0.1, -0.05) is 22.9 Å². The van der Waals surface area contributed by atoms with E-state index in [1.165, 1.54) is 0 Å². The van der Waals surface area contributed by atoms with E-state index in [1.807, 2.05) is 38.1 Å². The number of benzene rings is 1. The Morgan fingerprint density at radius 2 is 2.06 bits per heavy atom. The van der Waals surface area contributed by atoms with Gasteiger partial charge in [-0.2, -0.15) is 0 Å². The van der Waals surface area contributed by atoms with Gasteiger partial charge in [0.2, 0.25) is 0 Å². The van der Waals surface area contributed by atoms with Gasteiger partial charge < -0.3 is 4.74 Å². The standard InChI is InChI=1S/C13H15BrO2/c1-3-13(2)11(15)8-12(13)16-10-6-4-9(14)5-7-10/h4-7,12H,3,8H2,1-2H3. The summed E-state index contributed by atoms with van der Waals surface area (Å²) in [4.78, 5) is 11.6. The van der Waals surface area contributed by atoms with Crippen LogP contribution < -0.4 is 4.74 Å². The second kappa shape index (κ2) is 4.21. The highest BCUT2D eigenvalue weighted by molar-refractivity contribution is 9.10. The third kappa shape index (κ3) is 1.88. The van der Waals surface area contributed by atoms with Gasteiger partial charge in [-0.25, -0.2) is 0 Å². The average Bonchev–Trinajstić information content (AvgIpc) is 2.30. The predicted octanol–water partition coefficient (Wildman–Crippen LogP) is 3.59. The fourth-order valence-corrected chi connectivity index (χ4v) is 2.21. The van der Waals surface area contributed by atoms with Gasteiger partial charge in [0.25, 0.3) is 0 Å². The molecule has 0 saturated heterocycles. The minimum Gasteiger partial charge on any atom is -0.489 e. The molecular weight excluding hydrogens is 268 g/mol. The Bertz CT molecular complexity index is 399. The van der Waals surface area contributed by atoms with Crippen molar-refractivity contribution in [3.63, 3.8) is 0 Å². The second-order valence-electron chi connectivity index (χ2n) is 4.46. The highest BCUT2D eigenvalue weighted by Gasteiger charge is 2.51. The lowest BCUT2D eigenvalue weighted by atomic mass is 9.64. The lowest BCUT2D eigenvalue weighted by Crippen LogP contribution is -2.54. The van der Waals surface area contributed by atoms with Crippen LogP contribution in [0.25, 0.3) is 0 Å². The van der Waals surface area contributed by atoms with E-state index in [4.69, 9.17) is 4.74 Å². The molecule has 0 heterocycles. The molecule has 1 aliphatic carbocycles. The summed E-state index contributed by atoms with van der Waals surface area (Å²) < 4.78 is 6.87. The maximum Gasteiger partial charge on any atom is 0.146 e. The summed E-state index contributed by atoms with van der Waals surface area (Å²) in [5, 5.41) is 0. The average molecular weight is 283 g/mol. The lowest BCUT2D eigenvalue weighted by Gasteiger charge is -2.44. The fraction of sp³-hybridized carbons (Fsp3) is 0.462. The van der Waals surface area contributed by atoms with Crippen LogP contribution in [0.4, 0.5) is 0 Å². The van der Waals surface area contributed by atoms with Gasteiger partial charge in [0.15, 0.2) is 0 Å². The first kappa shape index (κ1) is 11.6. The zero-order valence-electron chi connectivity index (χ0n) is 9.50. The molecule has 1 aliphatic rings. The van der Waals surface area contributed by atoms with Gasteiger partial charge in [-0.3, -0.25) is 4.79 Å². The summed E-state index contributed by atoms with van der Waals surface area (Å²) in [5.74, 6) is 1.15. The van der Waals surface area contributed by atoms with E-state index in [2.05, 4.69) is 15.9 Å². The Hall–Kier alpha value is -0.830. The quantitative estimate of drug-likeness (QED) is 0.847. The van der Waals surface area contributed by atoms with E-state index in [-0.39, 0.29) is 11.5 Å². The van der Waals surface area contributed by atoms with Gasteiger partial charge >= 0.3 is 0 Å². The van der Waals surface area contributed by atoms with Crippen molar-refractivity contribution in [2.45, 2.75) is 32.8 Å². The molecule has 0 bridgehead atoms. The summed E-state index contributed by atoms with van der Waals surface area (Å²) in [6.45, 7) is 4.03. The molecule has 2 nitrogen and oxygen atoms in total. The van der Waals surface area contributed by atoms with E-state index in [1.54, 1.807) is 0 Å². The number of halogens is 1. The van der Waals surface area contributed by atoms with Crippen LogP contribution in [0.15, 0.2) is 28.7 Å². The van der Waals surface area contributed by atoms with Gasteiger partial charge in [0.1, 0.15) is 17.6 Å². The number of ketones is 1. The Balaban J connectivity index is 2.06. The molecule has 2 unspecified atom stereocenters. The number of hydrogen-bond acceptors (Lipinski definition) is 2. The van der Waals surface area contributed by atoms with Crippen LogP contribution in [0.5, 0.6) is 5.75 Å². The summed E-state index contributed by atoms with van der Waals surface area (Å²) in [5.41, 5.74) is -0.285. The minimum atomic E-state index is -0.285. The van der Waals surface area contributed by atoms with Crippen LogP contribution >= 0.6 is 15.9 Å². The van der Waals surface area contributed by atoms with Gasteiger partial charge in [-0.05, 0) is 37.6 Å². The zero-order chi connectivity index (χ0) is 11.8. The molecule has 86 valence electrons. The second-order valence-corrected chi connectivity index (χ2v) is 5.37. The Kier molecular flexibility index (Phi) is 3.06. The molecule has 0 amide bonds. The van der Waals surface area contributed by atoms with Crippen LogP contribution in [-0.2, 0) is 4.79 Å². The van der Waals surface area contributed by atoms with Crippen LogP contribution in [0, 0.1) is 5.41 Å². The van der Waals surface area contributed by atoms with Gasteiger partial charge in [-0.15, -0.1) is 0 Å². The first-order valence-electron chi connectivity index (χ1n) is 5.52. The molecule has 3 heteroatoms. The molecule has 0 radical (unpaired) electrons. The van der Waals surface area contributed by atoms with Crippen molar-refractivity contribution in [3.05, 3.63) is 28.7 Å². The SMILES string of the molecule is CCC1(C)C(=O)CC1Oc1ccc(Br)cc1. The molecule has 0 aliphatic heterocycles. The molecule has 0 spiro atoms. The van der Waals surface area contributed by atoms with Crippen molar-refractivity contribution in [1.29, 1.82) is 0 Å². The summed E-state index contributed by atoms with van der Waals surface area (Å²) in [6.07, 6.45) is 1.42. The number of carbonyl (C=O) groups excluding carboxylic acids is 1. The van der Waals surface area contributed by atoms with Crippen molar-refractivity contribution >= 4 is 21.7 Å². The molecular formula is C13H15BrO2. The highest BCUT2D eigenvalue weighted by atomic mass is 79.9. The predicted molar refractivity (Wildman–Crippen MR) is 66.6 cm³/mol. The number of Topliss-reactive ketones (excluding diaryl/α,β-unsaturated/α-hetero) is 1. The fourth-order valence-electron chi connectivity index (χ4n) is 1.95. The molecule has 1 saturated carbocycles. The van der Waals surface area contributed by atoms with Crippen molar-refractivity contribution in [2.24, 2.45) is 5.41 Å². The third-order valence-electron chi connectivity index (χ3n) is 3.54. The normalized spacial score (nSPS) is 28.7. The van der Waals surface area contributed by atoms with Crippen LogP contribution in [0.3, 0.4) is 0 Å². The molecule has 16 heavy (non-hydrogen) atoms. The van der Waals surface area contributed by atoms with Crippen LogP contribution in [-0.4, -0.2) is 11.9 Å². The van der Waals surface area contributed by atoms with Crippen molar-refractivity contribution in [2.75, 3.05) is 0 Å². The lowest BCUT2D eigenvalue weighted by molar-refractivity contribution is -0.150. The van der Waals surface area contributed by atoms with Crippen molar-refractivity contribution < 1.29 is 9.53 Å². The smallest absolute Gasteiger partial charge is 0.146 e. The van der Waals surface area contributed by atoms with Gasteiger partial charge in [0.05, 0.1) is 5.41 Å². The topological polar surface area (TPSA) is 26.3 Å². The molecule has 1 fully saturated rings. The monoisotopic (exact) mass is 282 g/mol. The van der Waals surface area contributed by atoms with E-state index in [9.17, 15) is 4.79 Å². The zero-order valence-corrected chi connectivity index (χ0v) is 11.1. The summed E-state index contributed by atoms with van der Waals surface area (Å²) >= 11 is 3.38. The number of carbonyl (C=O) groups is 1. The maximum atomic E-state index is 11.6. The van der Waals surface area contributed by atoms with Crippen molar-refractivity contribution in [1.82, 2.24) is 0 Å². The highest BCUT2D eigenvalue weighted by Crippen LogP contribution is 2.42. The largest absolute Gasteiger partial charge is 0.489 e. The molecule has 0 N–H and O–H groups in total. The number of hydrogen-bond donors (Lipinski definition) is 0. The first-order valence-corrected chi connectivity index (χ1v) is 6.31. The Morgan fingerprint density at radius 3 is 2.56 bits per heavy atom. The molecule has 2 rings (SSSR count). The molecule has 1 aromatic rings. The molecule has 2 atom stereocenters. The number of rotatable bonds is 3. The molecule has 0 aromatic heterocycles. The minimum absolute atomic E-state index is 0.0335. The van der Waals surface area contributed by atoms with E-state index >= 15 is 0 Å². The van der Waals surface area contributed by atoms with E-state index < -0.39 is 0 Å². The third-order valence-corrected chi connectivity index (χ3v) is 4.07. The van der Waals surface area contributed by atoms with Gasteiger partial charge in [0, 0.05) is 10.9 Å². The van der Waals surface area contributed by atoms with Crippen LogP contribution in [0.1, 0.15) is 26.7 Å².